The van der Waals surface area contributed by atoms with Crippen molar-refractivity contribution in [1.82, 2.24) is 20.7 Å². The van der Waals surface area contributed by atoms with Gasteiger partial charge in [-0.05, 0) is 81.9 Å². The normalized spacial score (nSPS) is 17.9. The zero-order valence-corrected chi connectivity index (χ0v) is 24.1. The zero-order chi connectivity index (χ0) is 28.6. The molecule has 2 aliphatic rings. The highest BCUT2D eigenvalue weighted by molar-refractivity contribution is 7.89. The van der Waals surface area contributed by atoms with Crippen LogP contribution >= 0.6 is 0 Å². The Morgan fingerprint density at radius 1 is 0.974 bits per heavy atom. The maximum atomic E-state index is 13.8. The zero-order valence-electron chi connectivity index (χ0n) is 23.3. The molecule has 0 saturated carbocycles. The topological polar surface area (TPSA) is 133 Å². The first kappa shape index (κ1) is 28.9. The van der Waals surface area contributed by atoms with Gasteiger partial charge < -0.3 is 16.0 Å². The second kappa shape index (κ2) is 10.8. The highest BCUT2D eigenvalue weighted by Crippen LogP contribution is 2.40. The Bertz CT molecular complexity index is 1410. The number of rotatable bonds is 8. The first-order valence-corrected chi connectivity index (χ1v) is 14.8. The average Bonchev–Trinajstić information content (AvgIpc) is 3.10. The summed E-state index contributed by atoms with van der Waals surface area (Å²) in [5.41, 5.74) is 2.66. The first-order valence-electron chi connectivity index (χ1n) is 13.3. The van der Waals surface area contributed by atoms with Gasteiger partial charge in [0, 0.05) is 29.6 Å². The Kier molecular flexibility index (Phi) is 8.03. The molecule has 4 N–H and O–H groups in total. The lowest BCUT2D eigenvalue weighted by Crippen LogP contribution is -2.63. The van der Waals surface area contributed by atoms with E-state index in [1.165, 1.54) is 12.1 Å². The number of benzene rings is 2. The molecule has 10 heteroatoms. The van der Waals surface area contributed by atoms with E-state index in [1.807, 2.05) is 40.7 Å². The summed E-state index contributed by atoms with van der Waals surface area (Å²) in [6, 6.07) is 8.38. The molecule has 0 atom stereocenters. The van der Waals surface area contributed by atoms with Crippen molar-refractivity contribution in [2.24, 2.45) is 5.41 Å². The van der Waals surface area contributed by atoms with E-state index in [1.54, 1.807) is 12.1 Å². The van der Waals surface area contributed by atoms with Crippen LogP contribution < -0.4 is 20.7 Å². The second-order valence-electron chi connectivity index (χ2n) is 11.4. The minimum Gasteiger partial charge on any atom is -0.353 e. The minimum absolute atomic E-state index is 0.00595. The van der Waals surface area contributed by atoms with E-state index in [4.69, 9.17) is 0 Å². The smallest absolute Gasteiger partial charge is 0.252 e. The number of ketones is 1. The van der Waals surface area contributed by atoms with Gasteiger partial charge in [0.25, 0.3) is 5.91 Å². The van der Waals surface area contributed by atoms with Gasteiger partial charge in [-0.1, -0.05) is 37.6 Å². The fourth-order valence-electron chi connectivity index (χ4n) is 5.61. The summed E-state index contributed by atoms with van der Waals surface area (Å²) in [6.07, 6.45) is 1.24. The quantitative estimate of drug-likeness (QED) is 0.370. The van der Waals surface area contributed by atoms with E-state index >= 15 is 0 Å². The van der Waals surface area contributed by atoms with Crippen molar-refractivity contribution in [1.29, 1.82) is 0 Å². The fraction of sp³-hybridized carbons (Fsp3) is 0.483. The predicted octanol–water partition coefficient (Wildman–Crippen LogP) is 2.32. The predicted molar refractivity (Wildman–Crippen MR) is 149 cm³/mol. The number of sulfonamides is 1. The lowest BCUT2D eigenvalue weighted by Gasteiger charge is -2.37. The summed E-state index contributed by atoms with van der Waals surface area (Å²) in [5, 5.41) is 9.07. The van der Waals surface area contributed by atoms with Gasteiger partial charge in [-0.25, -0.2) is 13.1 Å². The van der Waals surface area contributed by atoms with Crippen molar-refractivity contribution < 1.29 is 22.8 Å². The van der Waals surface area contributed by atoms with Crippen LogP contribution in [0.4, 0.5) is 0 Å². The fourth-order valence-corrected chi connectivity index (χ4v) is 6.65. The monoisotopic (exact) mass is 554 g/mol. The number of aryl methyl sites for hydroxylation is 3. The number of nitrogens with one attached hydrogen (secondary N) is 4. The van der Waals surface area contributed by atoms with Crippen LogP contribution in [0, 0.1) is 26.2 Å². The molecule has 0 bridgehead atoms. The number of hydrogen-bond acceptors (Lipinski definition) is 6. The van der Waals surface area contributed by atoms with Crippen molar-refractivity contribution in [3.05, 3.63) is 63.7 Å². The van der Waals surface area contributed by atoms with Crippen LogP contribution in [-0.4, -0.2) is 57.7 Å². The third-order valence-electron chi connectivity index (χ3n) is 7.79. The van der Waals surface area contributed by atoms with Crippen molar-refractivity contribution in [3.63, 3.8) is 0 Å². The maximum Gasteiger partial charge on any atom is 0.252 e. The van der Waals surface area contributed by atoms with Crippen LogP contribution in [0.2, 0.25) is 0 Å². The van der Waals surface area contributed by atoms with Crippen molar-refractivity contribution in [3.8, 4) is 0 Å². The number of carbonyl (C=O) groups excluding carboxylic acids is 3. The lowest BCUT2D eigenvalue weighted by molar-refractivity contribution is -0.128. The van der Waals surface area contributed by atoms with Crippen molar-refractivity contribution >= 4 is 27.6 Å². The Hall–Kier alpha value is -3.08. The van der Waals surface area contributed by atoms with Crippen LogP contribution in [0.1, 0.15) is 69.7 Å². The van der Waals surface area contributed by atoms with E-state index in [0.29, 0.717) is 43.5 Å². The highest BCUT2D eigenvalue weighted by atomic mass is 32.2. The molecule has 1 fully saturated rings. The highest BCUT2D eigenvalue weighted by Gasteiger charge is 2.44. The largest absolute Gasteiger partial charge is 0.353 e. The number of hydrogen-bond donors (Lipinski definition) is 4. The summed E-state index contributed by atoms with van der Waals surface area (Å²) in [5.74, 6) is -0.692. The molecule has 9 nitrogen and oxygen atoms in total. The van der Waals surface area contributed by atoms with E-state index in [2.05, 4.69) is 20.7 Å². The lowest BCUT2D eigenvalue weighted by atomic mass is 9.85. The summed E-state index contributed by atoms with van der Waals surface area (Å²) in [4.78, 5) is 40.4. The van der Waals surface area contributed by atoms with Crippen LogP contribution in [0.5, 0.6) is 0 Å². The molecule has 0 radical (unpaired) electrons. The maximum absolute atomic E-state index is 13.8. The summed E-state index contributed by atoms with van der Waals surface area (Å²) >= 11 is 0. The second-order valence-corrected chi connectivity index (χ2v) is 13.1. The van der Waals surface area contributed by atoms with E-state index < -0.39 is 21.0 Å². The van der Waals surface area contributed by atoms with Gasteiger partial charge in [-0.3, -0.25) is 14.4 Å². The number of Topliss-reactive ketones (excluding diaryl/α,β-unsaturated/α-hetero) is 1. The summed E-state index contributed by atoms with van der Waals surface area (Å²) in [6.45, 7) is 10.6. The first-order chi connectivity index (χ1) is 18.3. The van der Waals surface area contributed by atoms with Crippen LogP contribution in [0.25, 0.3) is 0 Å². The number of amides is 2. The Morgan fingerprint density at radius 2 is 1.62 bits per heavy atom. The summed E-state index contributed by atoms with van der Waals surface area (Å²) in [7, 11) is -3.71. The van der Waals surface area contributed by atoms with Crippen LogP contribution in [0.15, 0.2) is 35.2 Å². The molecule has 39 heavy (non-hydrogen) atoms. The molecule has 1 heterocycles. The molecule has 210 valence electrons. The van der Waals surface area contributed by atoms with Gasteiger partial charge in [-0.2, -0.15) is 0 Å². The molecule has 2 aromatic rings. The molecule has 1 saturated heterocycles. The molecule has 4 rings (SSSR count). The van der Waals surface area contributed by atoms with Crippen molar-refractivity contribution in [2.45, 2.75) is 64.3 Å². The molecular weight excluding hydrogens is 516 g/mol. The Balaban J connectivity index is 1.48. The Labute approximate surface area is 230 Å². The third kappa shape index (κ3) is 5.78. The van der Waals surface area contributed by atoms with E-state index in [0.717, 1.165) is 22.3 Å². The average molecular weight is 555 g/mol. The standard InChI is InChI=1S/C29H38N4O5S/c1-18-6-8-21(9-7-18)39(37,38)32-15-14-31-27(36)29(10-12-30-13-11-29)33-26(35)24-20(3)16-19(2)23-22(24)17-28(4,5)25(23)34/h6-9,16,30,32H,10-15,17H2,1-5H3,(H,31,36)(H,33,35). The van der Waals surface area contributed by atoms with Gasteiger partial charge in [0.05, 0.1) is 4.90 Å². The van der Waals surface area contributed by atoms with Crippen LogP contribution in [0.3, 0.4) is 0 Å². The molecule has 1 aliphatic heterocycles. The van der Waals surface area contributed by atoms with Crippen LogP contribution in [-0.2, 0) is 21.2 Å². The van der Waals surface area contributed by atoms with E-state index in [9.17, 15) is 22.8 Å². The number of fused-ring (bicyclic) bond motifs is 1. The van der Waals surface area contributed by atoms with Gasteiger partial charge in [0.2, 0.25) is 15.9 Å². The molecule has 0 aromatic heterocycles. The van der Waals surface area contributed by atoms with Crippen molar-refractivity contribution in [2.75, 3.05) is 26.2 Å². The summed E-state index contributed by atoms with van der Waals surface area (Å²) < 4.78 is 27.6. The SMILES string of the molecule is Cc1ccc(S(=O)(=O)NCCNC(=O)C2(NC(=O)c3c(C)cc(C)c4c3CC(C)(C)C4=O)CCNCC2)cc1. The molecule has 1 aliphatic carbocycles. The van der Waals surface area contributed by atoms with E-state index in [-0.39, 0.29) is 35.6 Å². The third-order valence-corrected chi connectivity index (χ3v) is 9.27. The van der Waals surface area contributed by atoms with Gasteiger partial charge in [0.15, 0.2) is 5.78 Å². The van der Waals surface area contributed by atoms with Gasteiger partial charge >= 0.3 is 0 Å². The molecule has 0 spiro atoms. The molecule has 0 unspecified atom stereocenters. The molecular formula is C29H38N4O5S. The minimum atomic E-state index is -3.71. The molecule has 2 aromatic carbocycles. The molecule has 2 amide bonds. The Morgan fingerprint density at radius 3 is 2.26 bits per heavy atom. The number of piperidine rings is 1. The van der Waals surface area contributed by atoms with Gasteiger partial charge in [0.1, 0.15) is 5.54 Å². The van der Waals surface area contributed by atoms with Gasteiger partial charge in [-0.15, -0.1) is 0 Å². The number of carbonyl (C=O) groups is 3.